The Bertz CT molecular complexity index is 1230. The Balaban J connectivity index is 1.93. The average Bonchev–Trinajstić information content (AvgIpc) is 3.13. The lowest BCUT2D eigenvalue weighted by Crippen LogP contribution is -2.29. The van der Waals surface area contributed by atoms with Crippen molar-refractivity contribution < 1.29 is 22.7 Å². The van der Waals surface area contributed by atoms with Crippen LogP contribution in [0, 0.1) is 0 Å². The number of hydrogen-bond acceptors (Lipinski definition) is 6. The van der Waals surface area contributed by atoms with Crippen LogP contribution in [0.1, 0.15) is 37.8 Å². The van der Waals surface area contributed by atoms with E-state index in [0.717, 1.165) is 42.2 Å². The van der Waals surface area contributed by atoms with Gasteiger partial charge in [0.15, 0.2) is 16.7 Å². The average molecular weight is 515 g/mol. The molecule has 0 N–H and O–H groups in total. The SMILES string of the molecule is C=CCN1C(=O)/C(=C/c2ccc(OC)c(OCCCC)c2)SC1=NS(=O)(=O)c1ccc(CC)cc1. The monoisotopic (exact) mass is 514 g/mol. The van der Waals surface area contributed by atoms with E-state index >= 15 is 0 Å². The number of amidine groups is 1. The number of methoxy groups -OCH3 is 1. The fraction of sp³-hybridized carbons (Fsp3) is 0.308. The maximum Gasteiger partial charge on any atom is 0.284 e. The van der Waals surface area contributed by atoms with Crippen LogP contribution >= 0.6 is 11.8 Å². The van der Waals surface area contributed by atoms with Gasteiger partial charge in [-0.2, -0.15) is 8.42 Å². The number of thioether (sulfide) groups is 1. The van der Waals surface area contributed by atoms with Crippen LogP contribution in [0.3, 0.4) is 0 Å². The maximum absolute atomic E-state index is 13.1. The molecule has 0 bridgehead atoms. The highest BCUT2D eigenvalue weighted by atomic mass is 32.2. The first-order valence-corrected chi connectivity index (χ1v) is 13.7. The van der Waals surface area contributed by atoms with Crippen molar-refractivity contribution in [2.45, 2.75) is 38.0 Å². The lowest BCUT2D eigenvalue weighted by atomic mass is 10.2. The molecule has 35 heavy (non-hydrogen) atoms. The number of carbonyl (C=O) groups is 1. The molecule has 0 unspecified atom stereocenters. The van der Waals surface area contributed by atoms with Crippen LogP contribution in [-0.2, 0) is 21.2 Å². The first-order valence-electron chi connectivity index (χ1n) is 11.4. The van der Waals surface area contributed by atoms with Crippen molar-refractivity contribution in [3.63, 3.8) is 0 Å². The van der Waals surface area contributed by atoms with Crippen LogP contribution in [-0.4, -0.2) is 44.7 Å². The second-order valence-electron chi connectivity index (χ2n) is 7.77. The van der Waals surface area contributed by atoms with Gasteiger partial charge in [0.1, 0.15) is 0 Å². The lowest BCUT2D eigenvalue weighted by molar-refractivity contribution is -0.121. The first-order chi connectivity index (χ1) is 16.8. The van der Waals surface area contributed by atoms with Gasteiger partial charge in [0, 0.05) is 6.54 Å². The number of benzene rings is 2. The lowest BCUT2D eigenvalue weighted by Gasteiger charge is -2.12. The van der Waals surface area contributed by atoms with Crippen molar-refractivity contribution in [1.29, 1.82) is 0 Å². The van der Waals surface area contributed by atoms with Crippen LogP contribution in [0.5, 0.6) is 11.5 Å². The Morgan fingerprint density at radius 2 is 1.86 bits per heavy atom. The molecule has 1 amide bonds. The summed E-state index contributed by atoms with van der Waals surface area (Å²) in [5, 5.41) is 0.0913. The number of amides is 1. The van der Waals surface area contributed by atoms with Crippen molar-refractivity contribution >= 4 is 38.9 Å². The molecule has 1 fully saturated rings. The molecule has 7 nitrogen and oxygen atoms in total. The number of aryl methyl sites for hydroxylation is 1. The number of unbranched alkanes of at least 4 members (excludes halogenated alkanes) is 1. The van der Waals surface area contributed by atoms with Gasteiger partial charge in [0.2, 0.25) is 0 Å². The highest BCUT2D eigenvalue weighted by molar-refractivity contribution is 8.19. The molecule has 0 aliphatic carbocycles. The molecular weight excluding hydrogens is 484 g/mol. The van der Waals surface area contributed by atoms with Gasteiger partial charge in [-0.1, -0.05) is 44.5 Å². The molecule has 0 aromatic heterocycles. The predicted octanol–water partition coefficient (Wildman–Crippen LogP) is 5.28. The van der Waals surface area contributed by atoms with E-state index in [1.807, 2.05) is 13.0 Å². The third-order valence-corrected chi connectivity index (χ3v) is 7.67. The van der Waals surface area contributed by atoms with Gasteiger partial charge in [-0.05, 0) is 66.1 Å². The van der Waals surface area contributed by atoms with Crippen molar-refractivity contribution in [3.05, 3.63) is 71.2 Å². The molecule has 0 atom stereocenters. The molecule has 1 heterocycles. The highest BCUT2D eigenvalue weighted by Crippen LogP contribution is 2.35. The second-order valence-corrected chi connectivity index (χ2v) is 10.4. The Morgan fingerprint density at radius 1 is 1.11 bits per heavy atom. The normalized spacial score (nSPS) is 16.2. The molecule has 1 saturated heterocycles. The molecule has 2 aromatic carbocycles. The van der Waals surface area contributed by atoms with Gasteiger partial charge >= 0.3 is 0 Å². The van der Waals surface area contributed by atoms with E-state index < -0.39 is 10.0 Å². The van der Waals surface area contributed by atoms with Gasteiger partial charge in [-0.3, -0.25) is 9.69 Å². The Hall–Kier alpha value is -3.04. The summed E-state index contributed by atoms with van der Waals surface area (Å²) in [6.45, 7) is 8.46. The number of ether oxygens (including phenoxy) is 2. The van der Waals surface area contributed by atoms with E-state index in [1.54, 1.807) is 37.5 Å². The van der Waals surface area contributed by atoms with E-state index in [9.17, 15) is 13.2 Å². The minimum Gasteiger partial charge on any atom is -0.493 e. The zero-order valence-electron chi connectivity index (χ0n) is 20.2. The Labute approximate surface area is 211 Å². The minimum atomic E-state index is -3.99. The van der Waals surface area contributed by atoms with E-state index in [4.69, 9.17) is 9.47 Å². The summed E-state index contributed by atoms with van der Waals surface area (Å²) < 4.78 is 41.1. The van der Waals surface area contributed by atoms with Crippen molar-refractivity contribution in [2.75, 3.05) is 20.3 Å². The molecule has 0 spiro atoms. The zero-order chi connectivity index (χ0) is 25.4. The largest absolute Gasteiger partial charge is 0.493 e. The van der Waals surface area contributed by atoms with E-state index in [-0.39, 0.29) is 22.5 Å². The molecule has 3 rings (SSSR count). The van der Waals surface area contributed by atoms with Gasteiger partial charge in [0.25, 0.3) is 15.9 Å². The van der Waals surface area contributed by atoms with Crippen LogP contribution < -0.4 is 9.47 Å². The van der Waals surface area contributed by atoms with E-state index in [2.05, 4.69) is 17.9 Å². The summed E-state index contributed by atoms with van der Waals surface area (Å²) in [5.74, 6) is 0.847. The van der Waals surface area contributed by atoms with Crippen LogP contribution in [0.2, 0.25) is 0 Å². The molecule has 9 heteroatoms. The summed E-state index contributed by atoms with van der Waals surface area (Å²) in [7, 11) is -2.42. The summed E-state index contributed by atoms with van der Waals surface area (Å²) in [5.41, 5.74) is 1.75. The zero-order valence-corrected chi connectivity index (χ0v) is 21.8. The highest BCUT2D eigenvalue weighted by Gasteiger charge is 2.34. The topological polar surface area (TPSA) is 85.3 Å². The second kappa shape index (κ2) is 12.1. The third-order valence-electron chi connectivity index (χ3n) is 5.27. The summed E-state index contributed by atoms with van der Waals surface area (Å²) in [6, 6.07) is 12.0. The molecule has 1 aliphatic heterocycles. The van der Waals surface area contributed by atoms with Crippen molar-refractivity contribution in [1.82, 2.24) is 4.90 Å². The maximum atomic E-state index is 13.1. The van der Waals surface area contributed by atoms with Gasteiger partial charge in [-0.25, -0.2) is 0 Å². The Morgan fingerprint density at radius 3 is 2.49 bits per heavy atom. The fourth-order valence-corrected chi connectivity index (χ4v) is 5.48. The van der Waals surface area contributed by atoms with Crippen molar-refractivity contribution in [2.24, 2.45) is 4.40 Å². The van der Waals surface area contributed by atoms with E-state index in [1.165, 1.54) is 23.1 Å². The first kappa shape index (κ1) is 26.6. The summed E-state index contributed by atoms with van der Waals surface area (Å²) in [6.07, 6.45) is 5.95. The van der Waals surface area contributed by atoms with E-state index in [0.29, 0.717) is 23.0 Å². The third kappa shape index (κ3) is 6.55. The fourth-order valence-electron chi connectivity index (χ4n) is 3.29. The standard InChI is InChI=1S/C26H30N2O5S2/c1-5-8-16-33-23-17-20(11-14-22(23)32-4)18-24-25(29)28(15-6-2)26(34-24)27-35(30,31)21-12-9-19(7-3)10-13-21/h6,9-14,17-18H,2,5,7-8,15-16H2,1,3-4H3/b24-18-,27-26?. The van der Waals surface area contributed by atoms with Gasteiger partial charge < -0.3 is 9.47 Å². The van der Waals surface area contributed by atoms with Gasteiger partial charge in [-0.15, -0.1) is 11.0 Å². The predicted molar refractivity (Wildman–Crippen MR) is 141 cm³/mol. The molecule has 2 aromatic rings. The molecular formula is C26H30N2O5S2. The van der Waals surface area contributed by atoms with Crippen LogP contribution in [0.4, 0.5) is 0 Å². The van der Waals surface area contributed by atoms with Crippen LogP contribution in [0.15, 0.2) is 69.3 Å². The van der Waals surface area contributed by atoms with Crippen molar-refractivity contribution in [3.8, 4) is 11.5 Å². The quantitative estimate of drug-likeness (QED) is 0.230. The van der Waals surface area contributed by atoms with Gasteiger partial charge in [0.05, 0.1) is 23.5 Å². The number of hydrogen-bond donors (Lipinski definition) is 0. The molecule has 0 saturated carbocycles. The summed E-state index contributed by atoms with van der Waals surface area (Å²) >= 11 is 1.02. The smallest absolute Gasteiger partial charge is 0.284 e. The number of nitrogens with zero attached hydrogens (tertiary/aromatic N) is 2. The van der Waals surface area contributed by atoms with Crippen LogP contribution in [0.25, 0.3) is 6.08 Å². The molecule has 0 radical (unpaired) electrons. The number of carbonyl (C=O) groups excluding carboxylic acids is 1. The number of rotatable bonds is 11. The Kier molecular flexibility index (Phi) is 9.17. The summed E-state index contributed by atoms with van der Waals surface area (Å²) in [4.78, 5) is 14.8. The molecule has 1 aliphatic rings. The minimum absolute atomic E-state index is 0.0789. The molecule has 186 valence electrons. The number of sulfonamides is 1.